The summed E-state index contributed by atoms with van der Waals surface area (Å²) in [6.07, 6.45) is 1.84. The van der Waals surface area contributed by atoms with Gasteiger partial charge in [-0.15, -0.1) is 0 Å². The lowest BCUT2D eigenvalue weighted by Crippen LogP contribution is -2.30. The van der Waals surface area contributed by atoms with E-state index in [0.717, 1.165) is 50.8 Å². The Morgan fingerprint density at radius 3 is 2.59 bits per heavy atom. The van der Waals surface area contributed by atoms with Crippen molar-refractivity contribution >= 4 is 0 Å². The molecule has 0 atom stereocenters. The Balaban J connectivity index is 1.87. The van der Waals surface area contributed by atoms with Crippen LogP contribution in [0.3, 0.4) is 0 Å². The SMILES string of the molecule is Fc1cc(F)cc(CCN2CCCNCC2)c1. The van der Waals surface area contributed by atoms with Crippen LogP contribution in [0.15, 0.2) is 18.2 Å². The summed E-state index contributed by atoms with van der Waals surface area (Å²) in [6.45, 7) is 5.00. The summed E-state index contributed by atoms with van der Waals surface area (Å²) in [5, 5.41) is 3.33. The third-order valence-corrected chi connectivity index (χ3v) is 3.07. The summed E-state index contributed by atoms with van der Waals surface area (Å²) in [4.78, 5) is 2.34. The Kier molecular flexibility index (Phi) is 4.45. The number of nitrogens with one attached hydrogen (secondary N) is 1. The molecule has 1 N–H and O–H groups in total. The molecular formula is C13H18F2N2. The molecule has 0 amide bonds. The van der Waals surface area contributed by atoms with E-state index in [2.05, 4.69) is 10.2 Å². The van der Waals surface area contributed by atoms with E-state index < -0.39 is 11.6 Å². The molecule has 0 saturated carbocycles. The molecule has 1 fully saturated rings. The first-order valence-corrected chi connectivity index (χ1v) is 6.12. The minimum Gasteiger partial charge on any atom is -0.315 e. The molecule has 0 spiro atoms. The summed E-state index contributed by atoms with van der Waals surface area (Å²) in [6, 6.07) is 3.75. The highest BCUT2D eigenvalue weighted by molar-refractivity contribution is 5.18. The van der Waals surface area contributed by atoms with Crippen molar-refractivity contribution in [2.24, 2.45) is 0 Å². The zero-order valence-corrected chi connectivity index (χ0v) is 9.88. The molecule has 1 aliphatic rings. The Hall–Kier alpha value is -1.00. The van der Waals surface area contributed by atoms with Crippen LogP contribution in [0.5, 0.6) is 0 Å². The van der Waals surface area contributed by atoms with Crippen LogP contribution in [-0.4, -0.2) is 37.6 Å². The molecule has 1 saturated heterocycles. The fraction of sp³-hybridized carbons (Fsp3) is 0.538. The van der Waals surface area contributed by atoms with Crippen LogP contribution in [0.2, 0.25) is 0 Å². The minimum atomic E-state index is -0.488. The Bertz CT molecular complexity index is 340. The lowest BCUT2D eigenvalue weighted by Gasteiger charge is -2.19. The Morgan fingerprint density at radius 1 is 1.06 bits per heavy atom. The number of hydrogen-bond acceptors (Lipinski definition) is 2. The summed E-state index contributed by atoms with van der Waals surface area (Å²) >= 11 is 0. The third-order valence-electron chi connectivity index (χ3n) is 3.07. The van der Waals surface area contributed by atoms with E-state index in [1.165, 1.54) is 12.1 Å². The second-order valence-electron chi connectivity index (χ2n) is 4.47. The van der Waals surface area contributed by atoms with Crippen LogP contribution in [0.4, 0.5) is 8.78 Å². The average molecular weight is 240 g/mol. The van der Waals surface area contributed by atoms with Gasteiger partial charge < -0.3 is 10.2 Å². The maximum atomic E-state index is 13.0. The van der Waals surface area contributed by atoms with E-state index in [1.807, 2.05) is 0 Å². The normalized spacial score (nSPS) is 18.0. The number of halogens is 2. The van der Waals surface area contributed by atoms with E-state index >= 15 is 0 Å². The summed E-state index contributed by atoms with van der Waals surface area (Å²) in [5.41, 5.74) is 0.736. The number of benzene rings is 1. The van der Waals surface area contributed by atoms with Crippen LogP contribution in [0, 0.1) is 11.6 Å². The molecule has 0 aromatic heterocycles. The molecule has 2 rings (SSSR count). The second-order valence-corrected chi connectivity index (χ2v) is 4.47. The highest BCUT2D eigenvalue weighted by Crippen LogP contribution is 2.09. The van der Waals surface area contributed by atoms with Crippen molar-refractivity contribution in [2.75, 3.05) is 32.7 Å². The molecule has 1 aromatic rings. The third kappa shape index (κ3) is 4.06. The molecule has 0 radical (unpaired) electrons. The van der Waals surface area contributed by atoms with E-state index in [-0.39, 0.29) is 0 Å². The van der Waals surface area contributed by atoms with Crippen LogP contribution in [-0.2, 0) is 6.42 Å². The monoisotopic (exact) mass is 240 g/mol. The van der Waals surface area contributed by atoms with Crippen molar-refractivity contribution in [3.63, 3.8) is 0 Å². The fourth-order valence-corrected chi connectivity index (χ4v) is 2.17. The molecule has 1 aliphatic heterocycles. The molecule has 1 aromatic carbocycles. The lowest BCUT2D eigenvalue weighted by atomic mass is 10.1. The quantitative estimate of drug-likeness (QED) is 0.866. The van der Waals surface area contributed by atoms with Gasteiger partial charge in [0.15, 0.2) is 0 Å². The standard InChI is InChI=1S/C13H18F2N2/c14-12-8-11(9-13(15)10-12)2-6-17-5-1-3-16-4-7-17/h8-10,16H,1-7H2. The minimum absolute atomic E-state index is 0.488. The topological polar surface area (TPSA) is 15.3 Å². The van der Waals surface area contributed by atoms with Gasteiger partial charge in [-0.2, -0.15) is 0 Å². The van der Waals surface area contributed by atoms with Gasteiger partial charge in [-0.25, -0.2) is 8.78 Å². The van der Waals surface area contributed by atoms with Gasteiger partial charge in [0.05, 0.1) is 0 Å². The van der Waals surface area contributed by atoms with Gasteiger partial charge in [-0.1, -0.05) is 0 Å². The maximum absolute atomic E-state index is 13.0. The van der Waals surface area contributed by atoms with Gasteiger partial charge in [-0.05, 0) is 43.6 Å². The fourth-order valence-electron chi connectivity index (χ4n) is 2.17. The lowest BCUT2D eigenvalue weighted by molar-refractivity contribution is 0.296. The molecule has 1 heterocycles. The molecule has 2 nitrogen and oxygen atoms in total. The summed E-state index contributed by atoms with van der Waals surface area (Å²) in [7, 11) is 0. The largest absolute Gasteiger partial charge is 0.315 e. The predicted molar refractivity (Wildman–Crippen MR) is 64.0 cm³/mol. The number of rotatable bonds is 3. The van der Waals surface area contributed by atoms with Crippen molar-refractivity contribution in [1.82, 2.24) is 10.2 Å². The summed E-state index contributed by atoms with van der Waals surface area (Å²) in [5.74, 6) is -0.977. The zero-order chi connectivity index (χ0) is 12.1. The highest BCUT2D eigenvalue weighted by Gasteiger charge is 2.09. The zero-order valence-electron chi connectivity index (χ0n) is 9.88. The maximum Gasteiger partial charge on any atom is 0.126 e. The van der Waals surface area contributed by atoms with Gasteiger partial charge in [-0.3, -0.25) is 0 Å². The predicted octanol–water partition coefficient (Wildman–Crippen LogP) is 1.80. The van der Waals surface area contributed by atoms with Crippen LogP contribution in [0.1, 0.15) is 12.0 Å². The molecule has 0 aliphatic carbocycles. The van der Waals surface area contributed by atoms with Crippen LogP contribution >= 0.6 is 0 Å². The molecule has 4 heteroatoms. The van der Waals surface area contributed by atoms with Crippen molar-refractivity contribution < 1.29 is 8.78 Å². The van der Waals surface area contributed by atoms with E-state index in [9.17, 15) is 8.78 Å². The van der Waals surface area contributed by atoms with Crippen molar-refractivity contribution in [2.45, 2.75) is 12.8 Å². The smallest absolute Gasteiger partial charge is 0.126 e. The first-order valence-electron chi connectivity index (χ1n) is 6.12. The van der Waals surface area contributed by atoms with Gasteiger partial charge in [0.2, 0.25) is 0 Å². The molecule has 94 valence electrons. The van der Waals surface area contributed by atoms with Crippen molar-refractivity contribution in [1.29, 1.82) is 0 Å². The number of hydrogen-bond donors (Lipinski definition) is 1. The first kappa shape index (κ1) is 12.5. The first-order chi connectivity index (χ1) is 8.24. The van der Waals surface area contributed by atoms with Gasteiger partial charge in [0.25, 0.3) is 0 Å². The van der Waals surface area contributed by atoms with Crippen molar-refractivity contribution in [3.05, 3.63) is 35.4 Å². The van der Waals surface area contributed by atoms with Crippen LogP contribution in [0.25, 0.3) is 0 Å². The molecule has 17 heavy (non-hydrogen) atoms. The van der Waals surface area contributed by atoms with E-state index in [1.54, 1.807) is 0 Å². The molecule has 0 bridgehead atoms. The van der Waals surface area contributed by atoms with E-state index in [4.69, 9.17) is 0 Å². The Labute approximate surface area is 101 Å². The van der Waals surface area contributed by atoms with Crippen LogP contribution < -0.4 is 5.32 Å². The number of nitrogens with zero attached hydrogens (tertiary/aromatic N) is 1. The van der Waals surface area contributed by atoms with Crippen molar-refractivity contribution in [3.8, 4) is 0 Å². The molecular weight excluding hydrogens is 222 g/mol. The van der Waals surface area contributed by atoms with E-state index in [0.29, 0.717) is 6.42 Å². The summed E-state index contributed by atoms with van der Waals surface area (Å²) < 4.78 is 26.0. The van der Waals surface area contributed by atoms with Gasteiger partial charge >= 0.3 is 0 Å². The average Bonchev–Trinajstić information content (AvgIpc) is 2.53. The van der Waals surface area contributed by atoms with Gasteiger partial charge in [0.1, 0.15) is 11.6 Å². The highest BCUT2D eigenvalue weighted by atomic mass is 19.1. The van der Waals surface area contributed by atoms with Gasteiger partial charge in [0, 0.05) is 25.7 Å². The Morgan fingerprint density at radius 2 is 1.82 bits per heavy atom. The second kappa shape index (κ2) is 6.07. The molecule has 0 unspecified atom stereocenters.